The van der Waals surface area contributed by atoms with Gasteiger partial charge in [-0.3, -0.25) is 0 Å². The summed E-state index contributed by atoms with van der Waals surface area (Å²) in [6.07, 6.45) is 0. The number of alkyl halides is 2. The van der Waals surface area contributed by atoms with Gasteiger partial charge in [0.2, 0.25) is 0 Å². The summed E-state index contributed by atoms with van der Waals surface area (Å²) in [5, 5.41) is 0.263. The fourth-order valence-electron chi connectivity index (χ4n) is 0.694. The SMILES string of the molecule is Nc1c(Cl)c(Cl)nc(C(Cl)Cl)c1Cl. The molecule has 1 aromatic rings. The normalized spacial score (nSPS) is 10.9. The number of anilines is 1. The van der Waals surface area contributed by atoms with Gasteiger partial charge in [-0.1, -0.05) is 58.0 Å². The van der Waals surface area contributed by atoms with Crippen molar-refractivity contribution in [3.8, 4) is 0 Å². The first-order valence-corrected chi connectivity index (χ1v) is 5.03. The Morgan fingerprint density at radius 3 is 2.08 bits per heavy atom. The van der Waals surface area contributed by atoms with Crippen LogP contribution in [0.4, 0.5) is 5.69 Å². The van der Waals surface area contributed by atoms with E-state index in [4.69, 9.17) is 63.7 Å². The molecule has 0 fully saturated rings. The summed E-state index contributed by atoms with van der Waals surface area (Å²) in [4.78, 5) is 2.91. The molecule has 72 valence electrons. The Hall–Kier alpha value is 0.400. The number of hydrogen-bond donors (Lipinski definition) is 1. The summed E-state index contributed by atoms with van der Waals surface area (Å²) in [6, 6.07) is 0. The van der Waals surface area contributed by atoms with E-state index in [1.54, 1.807) is 0 Å². The second-order valence-corrected chi connectivity index (χ2v) is 4.34. The van der Waals surface area contributed by atoms with E-state index in [2.05, 4.69) is 4.98 Å². The van der Waals surface area contributed by atoms with Crippen molar-refractivity contribution in [3.63, 3.8) is 0 Å². The molecule has 0 spiro atoms. The molecule has 1 aromatic heterocycles. The zero-order valence-electron chi connectivity index (χ0n) is 5.99. The molecule has 1 rings (SSSR count). The van der Waals surface area contributed by atoms with Crippen LogP contribution < -0.4 is 5.73 Å². The van der Waals surface area contributed by atoms with Crippen LogP contribution in [0.1, 0.15) is 10.5 Å². The minimum absolute atomic E-state index is 0.0323. The first-order valence-electron chi connectivity index (χ1n) is 3.03. The monoisotopic (exact) mass is 278 g/mol. The van der Waals surface area contributed by atoms with Gasteiger partial charge in [0.25, 0.3) is 0 Å². The summed E-state index contributed by atoms with van der Waals surface area (Å²) < 4.78 is 0. The first kappa shape index (κ1) is 11.5. The molecule has 0 unspecified atom stereocenters. The number of halogens is 5. The third-order valence-corrected chi connectivity index (χ3v) is 2.87. The molecule has 1 heterocycles. The Kier molecular flexibility index (Phi) is 3.78. The summed E-state index contributed by atoms with van der Waals surface area (Å²) in [5.41, 5.74) is 5.85. The molecule has 0 aliphatic carbocycles. The van der Waals surface area contributed by atoms with E-state index in [-0.39, 0.29) is 26.6 Å². The molecule has 0 aliphatic heterocycles. The molecule has 0 saturated heterocycles. The van der Waals surface area contributed by atoms with Crippen molar-refractivity contribution in [3.05, 3.63) is 20.9 Å². The van der Waals surface area contributed by atoms with E-state index < -0.39 is 4.84 Å². The summed E-state index contributed by atoms with van der Waals surface area (Å²) in [5.74, 6) is 0. The van der Waals surface area contributed by atoms with Crippen molar-refractivity contribution in [2.45, 2.75) is 4.84 Å². The number of nitrogens with zero attached hydrogens (tertiary/aromatic N) is 1. The largest absolute Gasteiger partial charge is 0.396 e. The Morgan fingerprint density at radius 1 is 1.08 bits per heavy atom. The van der Waals surface area contributed by atoms with Crippen molar-refractivity contribution in [2.24, 2.45) is 0 Å². The molecule has 2 nitrogen and oxygen atoms in total. The molecule has 0 radical (unpaired) electrons. The molecule has 0 saturated carbocycles. The summed E-state index contributed by atoms with van der Waals surface area (Å²) in [6.45, 7) is 0. The topological polar surface area (TPSA) is 38.9 Å². The summed E-state index contributed by atoms with van der Waals surface area (Å²) in [7, 11) is 0. The quantitative estimate of drug-likeness (QED) is 0.621. The van der Waals surface area contributed by atoms with Gasteiger partial charge >= 0.3 is 0 Å². The predicted octanol–water partition coefficient (Wildman–Crippen LogP) is 4.10. The number of hydrogen-bond acceptors (Lipinski definition) is 2. The highest BCUT2D eigenvalue weighted by Crippen LogP contribution is 2.39. The zero-order valence-corrected chi connectivity index (χ0v) is 9.77. The molecule has 0 atom stereocenters. The van der Waals surface area contributed by atoms with Gasteiger partial charge in [0.05, 0.1) is 16.4 Å². The Morgan fingerprint density at radius 2 is 1.62 bits per heavy atom. The van der Waals surface area contributed by atoms with Crippen molar-refractivity contribution in [1.29, 1.82) is 0 Å². The lowest BCUT2D eigenvalue weighted by Gasteiger charge is -2.08. The van der Waals surface area contributed by atoms with Gasteiger partial charge in [-0.25, -0.2) is 4.98 Å². The minimum Gasteiger partial charge on any atom is -0.396 e. The lowest BCUT2D eigenvalue weighted by Crippen LogP contribution is -1.97. The predicted molar refractivity (Wildman–Crippen MR) is 58.1 cm³/mol. The highest BCUT2D eigenvalue weighted by Gasteiger charge is 2.18. The molecule has 0 amide bonds. The van der Waals surface area contributed by atoms with E-state index in [1.807, 2.05) is 0 Å². The number of pyridine rings is 1. The number of nitrogens with two attached hydrogens (primary N) is 1. The maximum absolute atomic E-state index is 5.77. The Balaban J connectivity index is 3.41. The highest BCUT2D eigenvalue weighted by molar-refractivity contribution is 6.48. The van der Waals surface area contributed by atoms with Crippen LogP contribution in [-0.2, 0) is 0 Å². The van der Waals surface area contributed by atoms with Crippen LogP contribution in [-0.4, -0.2) is 4.98 Å². The first-order chi connectivity index (χ1) is 5.95. The molecule has 0 bridgehead atoms. The maximum Gasteiger partial charge on any atom is 0.151 e. The van der Waals surface area contributed by atoms with Gasteiger partial charge in [-0.05, 0) is 0 Å². The van der Waals surface area contributed by atoms with Crippen LogP contribution in [0.25, 0.3) is 0 Å². The zero-order chi connectivity index (χ0) is 10.2. The van der Waals surface area contributed by atoms with Crippen molar-refractivity contribution < 1.29 is 0 Å². The Labute approximate surface area is 99.9 Å². The van der Waals surface area contributed by atoms with E-state index in [9.17, 15) is 0 Å². The number of aromatic nitrogens is 1. The van der Waals surface area contributed by atoms with Crippen LogP contribution in [0.15, 0.2) is 0 Å². The molecular weight excluding hydrogens is 277 g/mol. The second kappa shape index (κ2) is 4.28. The molecule has 0 aliphatic rings. The lowest BCUT2D eigenvalue weighted by molar-refractivity contribution is 1.15. The second-order valence-electron chi connectivity index (χ2n) is 2.13. The highest BCUT2D eigenvalue weighted by atomic mass is 35.5. The molecule has 0 aromatic carbocycles. The number of nitrogen functional groups attached to an aromatic ring is 1. The van der Waals surface area contributed by atoms with Crippen molar-refractivity contribution in [2.75, 3.05) is 5.73 Å². The van der Waals surface area contributed by atoms with Crippen LogP contribution in [0, 0.1) is 0 Å². The van der Waals surface area contributed by atoms with Gasteiger partial charge in [0, 0.05) is 0 Å². The maximum atomic E-state index is 5.77. The molecule has 2 N–H and O–H groups in total. The van der Waals surface area contributed by atoms with Crippen LogP contribution in [0.3, 0.4) is 0 Å². The van der Waals surface area contributed by atoms with Crippen LogP contribution in [0.2, 0.25) is 15.2 Å². The van der Waals surface area contributed by atoms with E-state index >= 15 is 0 Å². The van der Waals surface area contributed by atoms with Gasteiger partial charge in [0.1, 0.15) is 10.2 Å². The third-order valence-electron chi connectivity index (χ3n) is 1.30. The molecular formula is C6H3Cl5N2. The van der Waals surface area contributed by atoms with E-state index in [0.717, 1.165) is 0 Å². The standard InChI is InChI=1S/C6H3Cl5N2/c7-1-3(12)2(8)6(11)13-4(1)5(9)10/h5H,(H2,12,13). The minimum atomic E-state index is -0.885. The fraction of sp³-hybridized carbons (Fsp3) is 0.167. The van der Waals surface area contributed by atoms with E-state index in [0.29, 0.717) is 0 Å². The number of rotatable bonds is 1. The van der Waals surface area contributed by atoms with Crippen LogP contribution in [0.5, 0.6) is 0 Å². The average Bonchev–Trinajstić information content (AvgIpc) is 2.07. The van der Waals surface area contributed by atoms with Crippen molar-refractivity contribution in [1.82, 2.24) is 4.98 Å². The lowest BCUT2D eigenvalue weighted by atomic mass is 10.3. The smallest absolute Gasteiger partial charge is 0.151 e. The van der Waals surface area contributed by atoms with Gasteiger partial charge in [-0.2, -0.15) is 0 Å². The molecule has 7 heteroatoms. The van der Waals surface area contributed by atoms with Gasteiger partial charge in [-0.15, -0.1) is 0 Å². The Bertz CT molecular complexity index is 338. The van der Waals surface area contributed by atoms with Crippen molar-refractivity contribution >= 4 is 63.7 Å². The fourth-order valence-corrected chi connectivity index (χ4v) is 1.75. The molecule has 13 heavy (non-hydrogen) atoms. The summed E-state index contributed by atoms with van der Waals surface area (Å²) >= 11 is 28.2. The van der Waals surface area contributed by atoms with Crippen LogP contribution >= 0.6 is 58.0 Å². The van der Waals surface area contributed by atoms with Gasteiger partial charge < -0.3 is 5.73 Å². The average molecular weight is 280 g/mol. The van der Waals surface area contributed by atoms with Gasteiger partial charge in [0.15, 0.2) is 4.84 Å². The third kappa shape index (κ3) is 2.25. The van der Waals surface area contributed by atoms with E-state index in [1.165, 1.54) is 0 Å².